The molecule has 4 rings (SSSR count). The lowest BCUT2D eigenvalue weighted by Gasteiger charge is -2.09. The Labute approximate surface area is 167 Å². The van der Waals surface area contributed by atoms with Crippen molar-refractivity contribution in [2.75, 3.05) is 0 Å². The number of hydrogen-bond donors (Lipinski definition) is 1. The molecule has 0 unspecified atom stereocenters. The van der Waals surface area contributed by atoms with E-state index >= 15 is 0 Å². The molecule has 4 aromatic rings. The lowest BCUT2D eigenvalue weighted by molar-refractivity contribution is 0.239. The second-order valence-corrected chi connectivity index (χ2v) is 6.62. The van der Waals surface area contributed by atoms with Crippen LogP contribution in [0.3, 0.4) is 0 Å². The molecule has 1 N–H and O–H groups in total. The van der Waals surface area contributed by atoms with Crippen LogP contribution in [-0.4, -0.2) is 35.7 Å². The minimum absolute atomic E-state index is 0.327. The largest absolute Gasteiger partial charge is 0.342 e. The summed E-state index contributed by atoms with van der Waals surface area (Å²) in [6, 6.07) is 5.64. The summed E-state index contributed by atoms with van der Waals surface area (Å²) in [6.07, 6.45) is 11.6. The fourth-order valence-corrected chi connectivity index (χ4v) is 3.00. The number of pyridine rings is 2. The molecule has 0 aliphatic carbocycles. The minimum Gasteiger partial charge on any atom is -0.332 e. The monoisotopic (exact) mass is 385 g/mol. The van der Waals surface area contributed by atoms with Crippen LogP contribution < -0.4 is 5.32 Å². The predicted molar refractivity (Wildman–Crippen MR) is 108 cm³/mol. The highest BCUT2D eigenvalue weighted by atomic mass is 16.2. The van der Waals surface area contributed by atoms with Gasteiger partial charge in [0.25, 0.3) is 0 Å². The van der Waals surface area contributed by atoms with Gasteiger partial charge in [-0.25, -0.2) is 4.79 Å². The van der Waals surface area contributed by atoms with Crippen LogP contribution in [0.2, 0.25) is 0 Å². The number of nitrogens with one attached hydrogen (secondary N) is 1. The van der Waals surface area contributed by atoms with Crippen molar-refractivity contribution < 1.29 is 4.79 Å². The third-order valence-electron chi connectivity index (χ3n) is 4.40. The van der Waals surface area contributed by atoms with E-state index < -0.39 is 0 Å². The van der Waals surface area contributed by atoms with Crippen molar-refractivity contribution in [1.82, 2.24) is 35.0 Å². The van der Waals surface area contributed by atoms with Crippen LogP contribution in [0.4, 0.5) is 4.79 Å². The topological polar surface area (TPSA) is 98.5 Å². The highest BCUT2D eigenvalue weighted by molar-refractivity contribution is 5.77. The van der Waals surface area contributed by atoms with Gasteiger partial charge in [-0.05, 0) is 37.1 Å². The molecule has 0 fully saturated rings. The first-order chi connectivity index (χ1) is 14.1. The van der Waals surface area contributed by atoms with Gasteiger partial charge in [-0.1, -0.05) is 6.07 Å². The van der Waals surface area contributed by atoms with Gasteiger partial charge in [0.05, 0.1) is 23.8 Å². The number of carbonyl (C=O) groups excluding carboxylic acids is 1. The number of hydrogen-bond acceptors (Lipinski definition) is 6. The lowest BCUT2D eigenvalue weighted by atomic mass is 10.1. The van der Waals surface area contributed by atoms with Crippen molar-refractivity contribution in [2.24, 2.45) is 0 Å². The van der Waals surface area contributed by atoms with Gasteiger partial charge in [0.15, 0.2) is 0 Å². The molecule has 0 atom stereocenters. The summed E-state index contributed by atoms with van der Waals surface area (Å²) in [7, 11) is 0. The maximum absolute atomic E-state index is 12.4. The van der Waals surface area contributed by atoms with E-state index in [1.807, 2.05) is 32.0 Å². The molecule has 8 heteroatoms. The van der Waals surface area contributed by atoms with Crippen LogP contribution in [0.5, 0.6) is 0 Å². The minimum atomic E-state index is -0.327. The van der Waals surface area contributed by atoms with Crippen LogP contribution in [-0.2, 0) is 6.54 Å². The van der Waals surface area contributed by atoms with Crippen molar-refractivity contribution in [3.8, 4) is 22.5 Å². The number of amides is 1. The van der Waals surface area contributed by atoms with Gasteiger partial charge in [0, 0.05) is 54.3 Å². The molecule has 0 saturated carbocycles. The first-order valence-corrected chi connectivity index (χ1v) is 9.08. The van der Waals surface area contributed by atoms with Gasteiger partial charge >= 0.3 is 6.03 Å². The van der Waals surface area contributed by atoms with E-state index in [0.717, 1.165) is 33.6 Å². The van der Waals surface area contributed by atoms with Gasteiger partial charge in [0.1, 0.15) is 0 Å². The zero-order chi connectivity index (χ0) is 20.2. The summed E-state index contributed by atoms with van der Waals surface area (Å²) in [4.78, 5) is 29.4. The first-order valence-electron chi connectivity index (χ1n) is 9.08. The number of nitrogens with zero attached hydrogens (tertiary/aromatic N) is 6. The Morgan fingerprint density at radius 3 is 2.66 bits per heavy atom. The van der Waals surface area contributed by atoms with Crippen molar-refractivity contribution >= 4 is 6.03 Å². The molecule has 29 heavy (non-hydrogen) atoms. The Kier molecular flexibility index (Phi) is 5.07. The smallest absolute Gasteiger partial charge is 0.332 e. The molecule has 0 radical (unpaired) electrons. The molecule has 4 heterocycles. The van der Waals surface area contributed by atoms with Crippen molar-refractivity contribution in [2.45, 2.75) is 20.4 Å². The maximum Gasteiger partial charge on any atom is 0.342 e. The van der Waals surface area contributed by atoms with Crippen LogP contribution in [0.25, 0.3) is 22.5 Å². The highest BCUT2D eigenvalue weighted by Crippen LogP contribution is 2.21. The van der Waals surface area contributed by atoms with E-state index in [1.54, 1.807) is 43.4 Å². The normalized spacial score (nSPS) is 10.7. The summed E-state index contributed by atoms with van der Waals surface area (Å²) in [6.45, 7) is 4.31. The maximum atomic E-state index is 12.4. The average Bonchev–Trinajstić information content (AvgIpc) is 3.23. The molecule has 4 aromatic heterocycles. The van der Waals surface area contributed by atoms with Crippen molar-refractivity contribution in [3.05, 3.63) is 78.4 Å². The molecule has 144 valence electrons. The Morgan fingerprint density at radius 1 is 1.00 bits per heavy atom. The van der Waals surface area contributed by atoms with Crippen LogP contribution in [0.1, 0.15) is 16.8 Å². The van der Waals surface area contributed by atoms with E-state index in [2.05, 4.69) is 30.4 Å². The fraction of sp³-hybridized carbons (Fsp3) is 0.143. The van der Waals surface area contributed by atoms with Gasteiger partial charge in [-0.3, -0.25) is 19.9 Å². The predicted octanol–water partition coefficient (Wildman–Crippen LogP) is 3.17. The van der Waals surface area contributed by atoms with Gasteiger partial charge in [-0.2, -0.15) is 9.78 Å². The number of rotatable bonds is 4. The van der Waals surface area contributed by atoms with Crippen LogP contribution >= 0.6 is 0 Å². The van der Waals surface area contributed by atoms with E-state index in [0.29, 0.717) is 12.2 Å². The SMILES string of the molecule is Cc1cc(-c2ncc(CNC(=O)n3cc(-c4cnccn4)cn3)cc2C)ccn1. The number of carbonyl (C=O) groups is 1. The standard InChI is InChI=1S/C21H19N7O/c1-14-7-16(9-25-20(14)17-3-4-23-15(2)8-17)10-26-21(29)28-13-18(11-27-28)19-12-22-5-6-24-19/h3-9,11-13H,10H2,1-2H3,(H,26,29). The first kappa shape index (κ1) is 18.4. The van der Waals surface area contributed by atoms with E-state index in [1.165, 1.54) is 4.68 Å². The molecular weight excluding hydrogens is 366 g/mol. The quantitative estimate of drug-likeness (QED) is 0.579. The van der Waals surface area contributed by atoms with Crippen molar-refractivity contribution in [3.63, 3.8) is 0 Å². The fourth-order valence-electron chi connectivity index (χ4n) is 3.00. The zero-order valence-corrected chi connectivity index (χ0v) is 16.1. The molecule has 0 bridgehead atoms. The molecule has 1 amide bonds. The number of aromatic nitrogens is 6. The van der Waals surface area contributed by atoms with E-state index in [-0.39, 0.29) is 6.03 Å². The molecule has 0 saturated heterocycles. The van der Waals surface area contributed by atoms with Crippen molar-refractivity contribution in [1.29, 1.82) is 0 Å². The average molecular weight is 385 g/mol. The van der Waals surface area contributed by atoms with E-state index in [4.69, 9.17) is 0 Å². The Bertz CT molecular complexity index is 1150. The summed E-state index contributed by atoms with van der Waals surface area (Å²) >= 11 is 0. The lowest BCUT2D eigenvalue weighted by Crippen LogP contribution is -2.28. The van der Waals surface area contributed by atoms with Crippen LogP contribution in [0.15, 0.2) is 61.6 Å². The third-order valence-corrected chi connectivity index (χ3v) is 4.40. The van der Waals surface area contributed by atoms with E-state index in [9.17, 15) is 4.79 Å². The Morgan fingerprint density at radius 2 is 1.90 bits per heavy atom. The highest BCUT2D eigenvalue weighted by Gasteiger charge is 2.10. The summed E-state index contributed by atoms with van der Waals surface area (Å²) in [5.74, 6) is 0. The molecule has 0 spiro atoms. The molecule has 0 aliphatic heterocycles. The van der Waals surface area contributed by atoms with Crippen LogP contribution in [0, 0.1) is 13.8 Å². The third kappa shape index (κ3) is 4.16. The number of aryl methyl sites for hydroxylation is 2. The second-order valence-electron chi connectivity index (χ2n) is 6.62. The Hall–Kier alpha value is -3.94. The van der Waals surface area contributed by atoms with Gasteiger partial charge in [0.2, 0.25) is 0 Å². The second kappa shape index (κ2) is 7.97. The summed E-state index contributed by atoms with van der Waals surface area (Å²) in [5.41, 5.74) is 6.21. The van der Waals surface area contributed by atoms with Gasteiger partial charge in [-0.15, -0.1) is 0 Å². The summed E-state index contributed by atoms with van der Waals surface area (Å²) in [5, 5.41) is 6.95. The molecule has 8 nitrogen and oxygen atoms in total. The molecule has 0 aliphatic rings. The summed E-state index contributed by atoms with van der Waals surface area (Å²) < 4.78 is 1.25. The Balaban J connectivity index is 1.43. The molecular formula is C21H19N7O. The van der Waals surface area contributed by atoms with Gasteiger partial charge < -0.3 is 5.32 Å². The molecule has 0 aromatic carbocycles. The zero-order valence-electron chi connectivity index (χ0n) is 16.1.